The highest BCUT2D eigenvalue weighted by molar-refractivity contribution is 6.39. The summed E-state index contributed by atoms with van der Waals surface area (Å²) in [7, 11) is 0. The van der Waals surface area contributed by atoms with E-state index >= 15 is 0 Å². The summed E-state index contributed by atoms with van der Waals surface area (Å²) >= 11 is 0. The van der Waals surface area contributed by atoms with Crippen molar-refractivity contribution < 1.29 is 4.79 Å². The van der Waals surface area contributed by atoms with Gasteiger partial charge in [0.05, 0.1) is 6.54 Å². The molecule has 0 bridgehead atoms. The lowest BCUT2D eigenvalue weighted by molar-refractivity contribution is -0.117. The summed E-state index contributed by atoms with van der Waals surface area (Å²) in [4.78, 5) is 16.6. The summed E-state index contributed by atoms with van der Waals surface area (Å²) in [5, 5.41) is 3.12. The van der Waals surface area contributed by atoms with Crippen LogP contribution in [0.2, 0.25) is 0 Å². The smallest absolute Gasteiger partial charge is 0.200 e. The number of aliphatic imine (C=N–C) groups is 1. The molecule has 1 atom stereocenters. The molecule has 1 unspecified atom stereocenters. The Balaban J connectivity index is 1.93. The predicted molar refractivity (Wildman–Crippen MR) is 114 cm³/mol. The predicted octanol–water partition coefficient (Wildman–Crippen LogP) is 6.23. The molecule has 3 heteroatoms. The molecule has 3 nitrogen and oxygen atoms in total. The highest BCUT2D eigenvalue weighted by atomic mass is 16.1. The number of ketones is 1. The Morgan fingerprint density at radius 2 is 1.58 bits per heavy atom. The van der Waals surface area contributed by atoms with Crippen molar-refractivity contribution in [2.24, 2.45) is 10.9 Å². The lowest BCUT2D eigenvalue weighted by atomic mass is 9.93. The quantitative estimate of drug-likeness (QED) is 0.246. The van der Waals surface area contributed by atoms with E-state index in [0.717, 1.165) is 25.9 Å². The highest BCUT2D eigenvalue weighted by Gasteiger charge is 2.22. The average molecular weight is 363 g/mol. The number of hydrogen-bond donors (Lipinski definition) is 1. The van der Waals surface area contributed by atoms with E-state index in [9.17, 15) is 4.79 Å². The van der Waals surface area contributed by atoms with Gasteiger partial charge in [0.1, 0.15) is 0 Å². The van der Waals surface area contributed by atoms with Crippen molar-refractivity contribution in [1.29, 1.82) is 0 Å². The minimum atomic E-state index is 0.163. The Bertz CT molecular complexity index is 414. The molecule has 26 heavy (non-hydrogen) atoms. The molecule has 0 fully saturated rings. The Kier molecular flexibility index (Phi) is 14.2. The lowest BCUT2D eigenvalue weighted by Crippen LogP contribution is -2.32. The third-order valence-electron chi connectivity index (χ3n) is 5.34. The summed E-state index contributed by atoms with van der Waals surface area (Å²) in [6.45, 7) is 5.97. The number of Topliss-reactive ketones (excluding diaryl/α,β-unsaturated/α-hetero) is 1. The fourth-order valence-electron chi connectivity index (χ4n) is 3.56. The number of rotatable bonds is 17. The van der Waals surface area contributed by atoms with Crippen LogP contribution in [0, 0.1) is 5.92 Å². The van der Waals surface area contributed by atoms with Crippen molar-refractivity contribution in [1.82, 2.24) is 5.32 Å². The first kappa shape index (κ1) is 22.9. The molecule has 0 aliphatic carbocycles. The molecule has 0 amide bonds. The van der Waals surface area contributed by atoms with Gasteiger partial charge >= 0.3 is 0 Å². The Hall–Kier alpha value is -1.12. The number of amidine groups is 1. The zero-order valence-electron chi connectivity index (χ0n) is 17.4. The molecule has 1 aliphatic heterocycles. The standard InChI is InChI=1S/C23H42N2O/c1-3-5-6-7-8-9-10-11-12-13-14-15-16-17-18-21(4-2)22(26)23-24-19-20-25-23/h11-12,21H,3-10,13-20H2,1-2H3,(H,24,25)/b12-11-. The van der Waals surface area contributed by atoms with E-state index < -0.39 is 0 Å². The fraction of sp³-hybridized carbons (Fsp3) is 0.826. The topological polar surface area (TPSA) is 41.5 Å². The van der Waals surface area contributed by atoms with Crippen molar-refractivity contribution in [2.75, 3.05) is 13.1 Å². The molecule has 0 aromatic carbocycles. The number of allylic oxidation sites excluding steroid dienone is 2. The molecule has 0 spiro atoms. The van der Waals surface area contributed by atoms with Gasteiger partial charge in [-0.3, -0.25) is 9.79 Å². The lowest BCUT2D eigenvalue weighted by Gasteiger charge is -2.13. The Morgan fingerprint density at radius 1 is 0.962 bits per heavy atom. The van der Waals surface area contributed by atoms with E-state index in [0.29, 0.717) is 5.84 Å². The molecule has 150 valence electrons. The van der Waals surface area contributed by atoms with Crippen LogP contribution in [0.25, 0.3) is 0 Å². The van der Waals surface area contributed by atoms with E-state index in [1.54, 1.807) is 0 Å². The molecule has 0 radical (unpaired) electrons. The van der Waals surface area contributed by atoms with E-state index in [4.69, 9.17) is 0 Å². The van der Waals surface area contributed by atoms with Crippen LogP contribution in [0.3, 0.4) is 0 Å². The van der Waals surface area contributed by atoms with E-state index in [1.165, 1.54) is 77.0 Å². The number of carbonyl (C=O) groups excluding carboxylic acids is 1. The van der Waals surface area contributed by atoms with Crippen molar-refractivity contribution in [3.05, 3.63) is 12.2 Å². The normalized spacial score (nSPS) is 15.2. The number of nitrogens with one attached hydrogen (secondary N) is 1. The number of nitrogens with zero attached hydrogens (tertiary/aromatic N) is 1. The largest absolute Gasteiger partial charge is 0.366 e. The monoisotopic (exact) mass is 362 g/mol. The van der Waals surface area contributed by atoms with Crippen LogP contribution < -0.4 is 5.32 Å². The van der Waals surface area contributed by atoms with Crippen LogP contribution in [0.1, 0.15) is 104 Å². The summed E-state index contributed by atoms with van der Waals surface area (Å²) < 4.78 is 0. The van der Waals surface area contributed by atoms with Crippen molar-refractivity contribution in [3.63, 3.8) is 0 Å². The second-order valence-corrected chi connectivity index (χ2v) is 7.65. The van der Waals surface area contributed by atoms with Crippen molar-refractivity contribution >= 4 is 11.6 Å². The van der Waals surface area contributed by atoms with Gasteiger partial charge in [-0.15, -0.1) is 0 Å². The van der Waals surface area contributed by atoms with Gasteiger partial charge in [-0.05, 0) is 38.5 Å². The molecule has 1 heterocycles. The zero-order chi connectivity index (χ0) is 18.9. The first-order valence-electron chi connectivity index (χ1n) is 11.3. The maximum absolute atomic E-state index is 12.3. The van der Waals surface area contributed by atoms with E-state index in [-0.39, 0.29) is 11.7 Å². The van der Waals surface area contributed by atoms with Gasteiger partial charge in [-0.25, -0.2) is 0 Å². The summed E-state index contributed by atoms with van der Waals surface area (Å²) in [5.74, 6) is 1.03. The van der Waals surface area contributed by atoms with E-state index in [2.05, 4.69) is 36.3 Å². The van der Waals surface area contributed by atoms with Crippen molar-refractivity contribution in [3.8, 4) is 0 Å². The van der Waals surface area contributed by atoms with Crippen LogP contribution in [-0.4, -0.2) is 24.7 Å². The van der Waals surface area contributed by atoms with Gasteiger partial charge in [0.15, 0.2) is 11.6 Å². The highest BCUT2D eigenvalue weighted by Crippen LogP contribution is 2.17. The van der Waals surface area contributed by atoms with Crippen LogP contribution in [0.5, 0.6) is 0 Å². The molecule has 0 saturated heterocycles. The maximum atomic E-state index is 12.3. The summed E-state index contributed by atoms with van der Waals surface area (Å²) in [5.41, 5.74) is 0. The molecular weight excluding hydrogens is 320 g/mol. The number of hydrogen-bond acceptors (Lipinski definition) is 3. The van der Waals surface area contributed by atoms with Crippen LogP contribution >= 0.6 is 0 Å². The molecule has 1 rings (SSSR count). The van der Waals surface area contributed by atoms with Gasteiger partial charge in [0.25, 0.3) is 0 Å². The van der Waals surface area contributed by atoms with Crippen LogP contribution in [0.4, 0.5) is 0 Å². The van der Waals surface area contributed by atoms with Gasteiger partial charge in [-0.1, -0.05) is 77.4 Å². The van der Waals surface area contributed by atoms with Crippen molar-refractivity contribution in [2.45, 2.75) is 104 Å². The number of carbonyl (C=O) groups is 1. The maximum Gasteiger partial charge on any atom is 0.200 e. The molecule has 0 aromatic heterocycles. The minimum Gasteiger partial charge on any atom is -0.366 e. The third kappa shape index (κ3) is 10.8. The summed E-state index contributed by atoms with van der Waals surface area (Å²) in [6.07, 6.45) is 22.4. The average Bonchev–Trinajstić information content (AvgIpc) is 3.19. The molecule has 0 saturated carbocycles. The van der Waals surface area contributed by atoms with Crippen LogP contribution in [0.15, 0.2) is 17.1 Å². The van der Waals surface area contributed by atoms with E-state index in [1.807, 2.05) is 0 Å². The van der Waals surface area contributed by atoms with Crippen LogP contribution in [-0.2, 0) is 4.79 Å². The van der Waals surface area contributed by atoms with Gasteiger partial charge in [0, 0.05) is 12.5 Å². The van der Waals surface area contributed by atoms with Gasteiger partial charge in [0.2, 0.25) is 0 Å². The van der Waals surface area contributed by atoms with Gasteiger partial charge < -0.3 is 5.32 Å². The molecule has 0 aromatic rings. The fourth-order valence-corrected chi connectivity index (χ4v) is 3.56. The number of unbranched alkanes of at least 4 members (excludes halogenated alkanes) is 10. The minimum absolute atomic E-state index is 0.163. The molecular formula is C23H42N2O. The summed E-state index contributed by atoms with van der Waals surface area (Å²) in [6, 6.07) is 0. The SMILES string of the molecule is CCCCCCCC/C=C\CCCCCCC(CC)C(=O)C1=NCCN1. The second kappa shape index (κ2) is 16.1. The molecule has 1 N–H and O–H groups in total. The first-order valence-corrected chi connectivity index (χ1v) is 11.3. The second-order valence-electron chi connectivity index (χ2n) is 7.65. The third-order valence-corrected chi connectivity index (χ3v) is 5.34. The Labute approximate surface area is 162 Å². The van der Waals surface area contributed by atoms with Gasteiger partial charge in [-0.2, -0.15) is 0 Å². The zero-order valence-corrected chi connectivity index (χ0v) is 17.4. The molecule has 1 aliphatic rings. The Morgan fingerprint density at radius 3 is 2.15 bits per heavy atom. The first-order chi connectivity index (χ1) is 12.8.